The molecule has 0 aromatic heterocycles. The summed E-state index contributed by atoms with van der Waals surface area (Å²) < 4.78 is 0. The molecule has 0 saturated carbocycles. The minimum Gasteiger partial charge on any atom is -0.872 e. The Labute approximate surface area is 275 Å². The summed E-state index contributed by atoms with van der Waals surface area (Å²) in [6, 6.07) is 47.7. The molecule has 0 fully saturated rings. The van der Waals surface area contributed by atoms with Gasteiger partial charge in [-0.2, -0.15) is 0 Å². The van der Waals surface area contributed by atoms with E-state index in [1.54, 1.807) is 12.1 Å². The molecule has 3 heteroatoms. The summed E-state index contributed by atoms with van der Waals surface area (Å²) in [5.41, 5.74) is 9.68. The van der Waals surface area contributed by atoms with E-state index in [0.717, 1.165) is 44.5 Å². The van der Waals surface area contributed by atoms with Crippen LogP contribution in [0.1, 0.15) is 33.4 Å². The molecular formula is C41H30MgO2. The van der Waals surface area contributed by atoms with Crippen LogP contribution >= 0.6 is 0 Å². The molecule has 0 radical (unpaired) electrons. The predicted octanol–water partition coefficient (Wildman–Crippen LogP) is 8.72. The van der Waals surface area contributed by atoms with Crippen molar-refractivity contribution in [2.24, 2.45) is 0 Å². The molecule has 0 unspecified atom stereocenters. The second-order valence-electron chi connectivity index (χ2n) is 10.6. The Morgan fingerprint density at radius 1 is 0.364 bits per heavy atom. The van der Waals surface area contributed by atoms with Crippen LogP contribution in [0.15, 0.2) is 146 Å². The molecule has 6 aromatic carbocycles. The van der Waals surface area contributed by atoms with E-state index < -0.39 is 0 Å². The fourth-order valence-electron chi connectivity index (χ4n) is 5.09. The number of rotatable bonds is 8. The molecule has 0 aliphatic carbocycles. The third-order valence-corrected chi connectivity index (χ3v) is 7.53. The summed E-state index contributed by atoms with van der Waals surface area (Å²) in [6.07, 6.45) is 8.64. The van der Waals surface area contributed by atoms with E-state index in [1.165, 1.54) is 0 Å². The zero-order valence-electron chi connectivity index (χ0n) is 24.4. The third-order valence-electron chi connectivity index (χ3n) is 7.53. The van der Waals surface area contributed by atoms with Gasteiger partial charge in [0.05, 0.1) is 0 Å². The SMILES string of the molecule is [Mg+2].[O-]c1ccc(-c2ccc(/C=C/c3ccccc3)cc2)cc1Cc1cc(-c2ccc(/C=C/c3ccccc3)cc2)ccc1[O-]. The molecule has 6 rings (SSSR count). The largest absolute Gasteiger partial charge is 2.00 e. The summed E-state index contributed by atoms with van der Waals surface area (Å²) in [7, 11) is 0. The molecule has 0 aliphatic rings. The molecule has 0 saturated heterocycles. The van der Waals surface area contributed by atoms with Crippen LogP contribution in [-0.2, 0) is 6.42 Å². The van der Waals surface area contributed by atoms with E-state index in [9.17, 15) is 10.2 Å². The van der Waals surface area contributed by atoms with Crippen molar-refractivity contribution in [3.05, 3.63) is 179 Å². The van der Waals surface area contributed by atoms with Gasteiger partial charge in [-0.1, -0.05) is 181 Å². The van der Waals surface area contributed by atoms with E-state index in [0.29, 0.717) is 11.1 Å². The molecule has 0 N–H and O–H groups in total. The second-order valence-corrected chi connectivity index (χ2v) is 10.6. The van der Waals surface area contributed by atoms with Crippen molar-refractivity contribution >= 4 is 47.4 Å². The molecule has 6 aromatic rings. The van der Waals surface area contributed by atoms with Gasteiger partial charge < -0.3 is 10.2 Å². The van der Waals surface area contributed by atoms with E-state index in [4.69, 9.17) is 0 Å². The summed E-state index contributed by atoms with van der Waals surface area (Å²) >= 11 is 0. The Kier molecular flexibility index (Phi) is 10.1. The smallest absolute Gasteiger partial charge is 0.872 e. The molecule has 0 heterocycles. The van der Waals surface area contributed by atoms with Crippen molar-refractivity contribution in [2.75, 3.05) is 0 Å². The minimum atomic E-state index is -0.0643. The van der Waals surface area contributed by atoms with Crippen LogP contribution in [-0.4, -0.2) is 23.1 Å². The standard InChI is InChI=1S/C41H32O2.Mg/c42-40-25-23-36(34-19-15-32(16-20-34)13-11-30-7-3-1-4-8-30)27-38(40)29-39-28-37(24-26-41(39)43)35-21-17-33(18-22-35)14-12-31-9-5-2-6-10-31;/h1-28,42-43H,29H2;/q;+2/p-2/b13-11+,14-12+;. The summed E-state index contributed by atoms with van der Waals surface area (Å²) in [5, 5.41) is 25.7. The Balaban J connectivity index is 0.00000384. The molecular weight excluding hydrogens is 549 g/mol. The van der Waals surface area contributed by atoms with Gasteiger partial charge in [-0.05, 0) is 50.9 Å². The van der Waals surface area contributed by atoms with Gasteiger partial charge >= 0.3 is 23.1 Å². The van der Waals surface area contributed by atoms with Crippen molar-refractivity contribution in [1.82, 2.24) is 0 Å². The average molecular weight is 579 g/mol. The van der Waals surface area contributed by atoms with Gasteiger partial charge in [0.25, 0.3) is 0 Å². The first kappa shape index (κ1) is 30.6. The van der Waals surface area contributed by atoms with Crippen molar-refractivity contribution < 1.29 is 10.2 Å². The maximum Gasteiger partial charge on any atom is 2.00 e. The van der Waals surface area contributed by atoms with Gasteiger partial charge in [0.2, 0.25) is 0 Å². The van der Waals surface area contributed by atoms with Crippen LogP contribution in [0.5, 0.6) is 11.5 Å². The zero-order valence-corrected chi connectivity index (χ0v) is 25.8. The van der Waals surface area contributed by atoms with E-state index in [2.05, 4.69) is 97.1 Å². The molecule has 0 spiro atoms. The third kappa shape index (κ3) is 7.76. The van der Waals surface area contributed by atoms with Crippen LogP contribution in [0.25, 0.3) is 46.6 Å². The summed E-state index contributed by atoms with van der Waals surface area (Å²) in [5.74, 6) is -0.129. The van der Waals surface area contributed by atoms with Gasteiger partial charge in [0.1, 0.15) is 0 Å². The van der Waals surface area contributed by atoms with Crippen molar-refractivity contribution in [1.29, 1.82) is 0 Å². The van der Waals surface area contributed by atoms with Crippen LogP contribution < -0.4 is 10.2 Å². The van der Waals surface area contributed by atoms with Gasteiger partial charge in [0.15, 0.2) is 0 Å². The first-order valence-corrected chi connectivity index (χ1v) is 14.4. The number of hydrogen-bond acceptors (Lipinski definition) is 2. The van der Waals surface area contributed by atoms with Gasteiger partial charge in [-0.15, -0.1) is 11.5 Å². The Bertz CT molecular complexity index is 1730. The van der Waals surface area contributed by atoms with Gasteiger partial charge in [-0.25, -0.2) is 0 Å². The molecule has 2 nitrogen and oxygen atoms in total. The first-order chi connectivity index (χ1) is 21.1. The van der Waals surface area contributed by atoms with E-state index >= 15 is 0 Å². The van der Waals surface area contributed by atoms with Gasteiger partial charge in [0, 0.05) is 0 Å². The topological polar surface area (TPSA) is 46.1 Å². The number of hydrogen-bond donors (Lipinski definition) is 0. The molecule has 0 amide bonds. The molecule has 44 heavy (non-hydrogen) atoms. The Morgan fingerprint density at radius 3 is 1.05 bits per heavy atom. The van der Waals surface area contributed by atoms with E-state index in [-0.39, 0.29) is 41.0 Å². The Morgan fingerprint density at radius 2 is 0.682 bits per heavy atom. The molecule has 0 atom stereocenters. The maximum atomic E-state index is 12.8. The first-order valence-electron chi connectivity index (χ1n) is 14.4. The summed E-state index contributed by atoms with van der Waals surface area (Å²) in [4.78, 5) is 0. The summed E-state index contributed by atoms with van der Waals surface area (Å²) in [6.45, 7) is 0. The Hall–Kier alpha value is -4.83. The van der Waals surface area contributed by atoms with Crippen LogP contribution in [0.2, 0.25) is 0 Å². The second kappa shape index (κ2) is 14.6. The van der Waals surface area contributed by atoms with Gasteiger partial charge in [-0.3, -0.25) is 0 Å². The van der Waals surface area contributed by atoms with Crippen LogP contribution in [0, 0.1) is 0 Å². The monoisotopic (exact) mass is 578 g/mol. The normalized spacial score (nSPS) is 11.1. The quantitative estimate of drug-likeness (QED) is 0.134. The average Bonchev–Trinajstić information content (AvgIpc) is 3.06. The fraction of sp³-hybridized carbons (Fsp3) is 0.0244. The van der Waals surface area contributed by atoms with Crippen LogP contribution in [0.3, 0.4) is 0 Å². The molecule has 208 valence electrons. The molecule has 0 aliphatic heterocycles. The van der Waals surface area contributed by atoms with E-state index in [1.807, 2.05) is 60.7 Å². The van der Waals surface area contributed by atoms with Crippen molar-refractivity contribution in [2.45, 2.75) is 6.42 Å². The minimum absolute atomic E-state index is 0. The van der Waals surface area contributed by atoms with Crippen molar-refractivity contribution in [3.8, 4) is 33.8 Å². The van der Waals surface area contributed by atoms with Crippen LogP contribution in [0.4, 0.5) is 0 Å². The molecule has 0 bridgehead atoms. The number of benzene rings is 6. The zero-order chi connectivity index (χ0) is 29.4. The predicted molar refractivity (Wildman–Crippen MR) is 182 cm³/mol. The van der Waals surface area contributed by atoms with Crippen molar-refractivity contribution in [3.63, 3.8) is 0 Å². The maximum absolute atomic E-state index is 12.8. The fourth-order valence-corrected chi connectivity index (χ4v) is 5.09.